The van der Waals surface area contributed by atoms with Gasteiger partial charge in [0.1, 0.15) is 17.4 Å². The van der Waals surface area contributed by atoms with Gasteiger partial charge in [0.2, 0.25) is 0 Å². The Kier molecular flexibility index (Phi) is 4.17. The maximum Gasteiger partial charge on any atom is 0.140 e. The molecule has 0 saturated heterocycles. The number of benzene rings is 1. The fourth-order valence-electron chi connectivity index (χ4n) is 1.32. The highest BCUT2D eigenvalue weighted by molar-refractivity contribution is 7.09. The van der Waals surface area contributed by atoms with Crippen LogP contribution in [0, 0.1) is 0 Å². The van der Waals surface area contributed by atoms with E-state index < -0.39 is 5.97 Å². The van der Waals surface area contributed by atoms with E-state index in [0.717, 1.165) is 5.01 Å². The minimum absolute atomic E-state index is 0.169. The average Bonchev–Trinajstić information content (AvgIpc) is 2.75. The molecule has 4 nitrogen and oxygen atoms in total. The summed E-state index contributed by atoms with van der Waals surface area (Å²) in [5.74, 6) is -0.443. The van der Waals surface area contributed by atoms with Gasteiger partial charge in [-0.3, -0.25) is 0 Å². The Labute approximate surface area is 113 Å². The van der Waals surface area contributed by atoms with E-state index in [2.05, 4.69) is 4.98 Å². The van der Waals surface area contributed by atoms with Gasteiger partial charge in [-0.05, 0) is 24.3 Å². The molecular formula is C12H9ClNO3S-. The number of carboxylic acids is 1. The lowest BCUT2D eigenvalue weighted by molar-refractivity contribution is -0.304. The number of nitrogens with zero attached hydrogens (tertiary/aromatic N) is 1. The first-order valence-corrected chi connectivity index (χ1v) is 6.41. The third-order valence-corrected chi connectivity index (χ3v) is 3.22. The van der Waals surface area contributed by atoms with Crippen LogP contribution in [0.1, 0.15) is 10.7 Å². The van der Waals surface area contributed by atoms with E-state index in [-0.39, 0.29) is 6.42 Å². The number of ether oxygens (including phenoxy) is 1. The van der Waals surface area contributed by atoms with Gasteiger partial charge in [0.25, 0.3) is 0 Å². The Morgan fingerprint density at radius 2 is 2.11 bits per heavy atom. The number of carboxylic acid groups (broad SMARTS) is 1. The number of aliphatic carboxylic acids is 1. The number of halogens is 1. The topological polar surface area (TPSA) is 62.2 Å². The van der Waals surface area contributed by atoms with Crippen LogP contribution in [0.4, 0.5) is 0 Å². The van der Waals surface area contributed by atoms with Gasteiger partial charge in [-0.1, -0.05) is 11.6 Å². The zero-order chi connectivity index (χ0) is 13.0. The Bertz CT molecular complexity index is 539. The summed E-state index contributed by atoms with van der Waals surface area (Å²) in [7, 11) is 0. The zero-order valence-corrected chi connectivity index (χ0v) is 10.8. The summed E-state index contributed by atoms with van der Waals surface area (Å²) in [5, 5.41) is 13.5. The third kappa shape index (κ3) is 3.72. The maximum absolute atomic E-state index is 10.4. The van der Waals surface area contributed by atoms with Crippen molar-refractivity contribution in [1.29, 1.82) is 0 Å². The molecule has 6 heteroatoms. The first kappa shape index (κ1) is 12.9. The highest BCUT2D eigenvalue weighted by atomic mass is 35.5. The standard InChI is InChI=1S/C12H10ClNO3S/c13-8-1-3-10(4-2-8)17-6-11-14-9(7-18-11)5-12(15)16/h1-4,7H,5-6H2,(H,15,16)/p-1. The second-order valence-electron chi connectivity index (χ2n) is 3.52. The summed E-state index contributed by atoms with van der Waals surface area (Å²) < 4.78 is 5.49. The summed E-state index contributed by atoms with van der Waals surface area (Å²) in [5.41, 5.74) is 0.495. The van der Waals surface area contributed by atoms with E-state index in [4.69, 9.17) is 16.3 Å². The highest BCUT2D eigenvalue weighted by Gasteiger charge is 2.03. The molecule has 1 aromatic carbocycles. The van der Waals surface area contributed by atoms with Crippen LogP contribution in [0.25, 0.3) is 0 Å². The van der Waals surface area contributed by atoms with Gasteiger partial charge in [0.15, 0.2) is 0 Å². The molecule has 1 aromatic heterocycles. The van der Waals surface area contributed by atoms with Gasteiger partial charge in [-0.2, -0.15) is 0 Å². The normalized spacial score (nSPS) is 10.3. The second kappa shape index (κ2) is 5.84. The van der Waals surface area contributed by atoms with Crippen LogP contribution >= 0.6 is 22.9 Å². The number of carbonyl (C=O) groups is 1. The van der Waals surface area contributed by atoms with Crippen LogP contribution in [0.15, 0.2) is 29.6 Å². The van der Waals surface area contributed by atoms with Crippen molar-refractivity contribution in [1.82, 2.24) is 4.98 Å². The number of aromatic nitrogens is 1. The number of rotatable bonds is 5. The summed E-state index contributed by atoms with van der Waals surface area (Å²) in [6.07, 6.45) is -0.169. The van der Waals surface area contributed by atoms with Crippen LogP contribution in [-0.2, 0) is 17.8 Å². The zero-order valence-electron chi connectivity index (χ0n) is 9.26. The van der Waals surface area contributed by atoms with Crippen LogP contribution in [0.3, 0.4) is 0 Å². The van der Waals surface area contributed by atoms with Gasteiger partial charge in [0.05, 0.1) is 5.69 Å². The molecule has 0 spiro atoms. The lowest BCUT2D eigenvalue weighted by Gasteiger charge is -2.03. The maximum atomic E-state index is 10.4. The van der Waals surface area contributed by atoms with Gasteiger partial charge in [-0.15, -0.1) is 11.3 Å². The quantitative estimate of drug-likeness (QED) is 0.837. The third-order valence-electron chi connectivity index (χ3n) is 2.10. The molecular weight excluding hydrogens is 274 g/mol. The minimum atomic E-state index is -1.13. The van der Waals surface area contributed by atoms with E-state index in [1.807, 2.05) is 0 Å². The minimum Gasteiger partial charge on any atom is -0.550 e. The molecule has 0 N–H and O–H groups in total. The number of carbonyl (C=O) groups excluding carboxylic acids is 1. The van der Waals surface area contributed by atoms with Crippen LogP contribution in [0.2, 0.25) is 5.02 Å². The number of hydrogen-bond donors (Lipinski definition) is 0. The summed E-state index contributed by atoms with van der Waals surface area (Å²) in [6.45, 7) is 0.305. The highest BCUT2D eigenvalue weighted by Crippen LogP contribution is 2.18. The Morgan fingerprint density at radius 1 is 1.39 bits per heavy atom. The smallest absolute Gasteiger partial charge is 0.140 e. The molecule has 0 amide bonds. The van der Waals surface area contributed by atoms with E-state index in [1.54, 1.807) is 29.6 Å². The molecule has 1 heterocycles. The molecule has 2 rings (SSSR count). The van der Waals surface area contributed by atoms with Gasteiger partial charge in [-0.25, -0.2) is 4.98 Å². The fourth-order valence-corrected chi connectivity index (χ4v) is 2.15. The van der Waals surface area contributed by atoms with Crippen molar-refractivity contribution < 1.29 is 14.6 Å². The molecule has 0 atom stereocenters. The molecule has 0 bridgehead atoms. The second-order valence-corrected chi connectivity index (χ2v) is 4.90. The van der Waals surface area contributed by atoms with Crippen molar-refractivity contribution in [2.24, 2.45) is 0 Å². The van der Waals surface area contributed by atoms with Crippen molar-refractivity contribution in [2.75, 3.05) is 0 Å². The molecule has 0 fully saturated rings. The summed E-state index contributed by atoms with van der Waals surface area (Å²) in [6, 6.07) is 7.00. The molecule has 0 radical (unpaired) electrons. The molecule has 94 valence electrons. The molecule has 2 aromatic rings. The van der Waals surface area contributed by atoms with Crippen LogP contribution < -0.4 is 9.84 Å². The lowest BCUT2D eigenvalue weighted by Crippen LogP contribution is -2.24. The monoisotopic (exact) mass is 282 g/mol. The Morgan fingerprint density at radius 3 is 2.78 bits per heavy atom. The van der Waals surface area contributed by atoms with E-state index >= 15 is 0 Å². The van der Waals surface area contributed by atoms with E-state index in [1.165, 1.54) is 11.3 Å². The van der Waals surface area contributed by atoms with Crippen molar-refractivity contribution in [3.05, 3.63) is 45.4 Å². The van der Waals surface area contributed by atoms with Crippen LogP contribution in [-0.4, -0.2) is 11.0 Å². The van der Waals surface area contributed by atoms with Gasteiger partial charge >= 0.3 is 0 Å². The lowest BCUT2D eigenvalue weighted by atomic mass is 10.3. The summed E-state index contributed by atoms with van der Waals surface area (Å²) in [4.78, 5) is 14.5. The predicted octanol–water partition coefficient (Wildman–Crippen LogP) is 1.67. The van der Waals surface area contributed by atoms with Crippen LogP contribution in [0.5, 0.6) is 5.75 Å². The van der Waals surface area contributed by atoms with Gasteiger partial charge in [0, 0.05) is 22.8 Å². The molecule has 0 aliphatic carbocycles. The molecule has 0 unspecified atom stereocenters. The molecule has 18 heavy (non-hydrogen) atoms. The summed E-state index contributed by atoms with van der Waals surface area (Å²) >= 11 is 7.11. The molecule has 0 aliphatic heterocycles. The Hall–Kier alpha value is -1.59. The fraction of sp³-hybridized carbons (Fsp3) is 0.167. The Balaban J connectivity index is 1.92. The first-order chi connectivity index (χ1) is 8.63. The van der Waals surface area contributed by atoms with Crippen molar-refractivity contribution in [3.63, 3.8) is 0 Å². The van der Waals surface area contributed by atoms with Crippen molar-refractivity contribution in [3.8, 4) is 5.75 Å². The van der Waals surface area contributed by atoms with E-state index in [9.17, 15) is 9.90 Å². The predicted molar refractivity (Wildman–Crippen MR) is 66.6 cm³/mol. The SMILES string of the molecule is O=C([O-])Cc1csc(COc2ccc(Cl)cc2)n1. The average molecular weight is 283 g/mol. The first-order valence-electron chi connectivity index (χ1n) is 5.15. The molecule has 0 aliphatic rings. The largest absolute Gasteiger partial charge is 0.550 e. The molecule has 0 saturated carbocycles. The number of thiazole rings is 1. The van der Waals surface area contributed by atoms with Crippen molar-refractivity contribution in [2.45, 2.75) is 13.0 Å². The van der Waals surface area contributed by atoms with E-state index in [0.29, 0.717) is 23.1 Å². The van der Waals surface area contributed by atoms with Crippen molar-refractivity contribution >= 4 is 28.9 Å². The number of hydrogen-bond acceptors (Lipinski definition) is 5. The van der Waals surface area contributed by atoms with Gasteiger partial charge < -0.3 is 14.6 Å².